The molecule has 0 aromatic carbocycles. The number of nitrogens with one attached hydrogen (secondary N) is 1. The third-order valence-corrected chi connectivity index (χ3v) is 3.31. The lowest BCUT2D eigenvalue weighted by atomic mass is 9.97. The van der Waals surface area contributed by atoms with Crippen molar-refractivity contribution in [2.45, 2.75) is 39.2 Å². The highest BCUT2D eigenvalue weighted by atomic mass is 79.9. The van der Waals surface area contributed by atoms with E-state index in [1.54, 1.807) is 4.90 Å². The molecular formula is C14H23BrN2O3. The van der Waals surface area contributed by atoms with Crippen LogP contribution in [-0.4, -0.2) is 42.1 Å². The molecule has 1 heterocycles. The molecule has 0 radical (unpaired) electrons. The topological polar surface area (TPSA) is 58.6 Å². The minimum atomic E-state index is -0.454. The number of rotatable bonds is 3. The summed E-state index contributed by atoms with van der Waals surface area (Å²) >= 11 is 3.06. The van der Waals surface area contributed by atoms with Crippen molar-refractivity contribution in [3.63, 3.8) is 0 Å². The number of ether oxygens (including phenoxy) is 1. The fraction of sp³-hybridized carbons (Fsp3) is 0.714. The highest BCUT2D eigenvalue weighted by molar-refractivity contribution is 9.11. The van der Waals surface area contributed by atoms with E-state index in [0.29, 0.717) is 25.6 Å². The molecule has 5 nitrogen and oxygen atoms in total. The van der Waals surface area contributed by atoms with Gasteiger partial charge in [0.15, 0.2) is 0 Å². The van der Waals surface area contributed by atoms with Gasteiger partial charge in [0.1, 0.15) is 5.60 Å². The molecule has 1 saturated heterocycles. The SMILES string of the molecule is CC(C)(C)OC(=O)N1CCC(CNC(=O)/C=C/Br)CC1. The number of carbonyl (C=O) groups excluding carboxylic acids is 2. The van der Waals surface area contributed by atoms with E-state index in [1.807, 2.05) is 20.8 Å². The summed E-state index contributed by atoms with van der Waals surface area (Å²) in [4.78, 5) is 26.5. The highest BCUT2D eigenvalue weighted by Crippen LogP contribution is 2.19. The van der Waals surface area contributed by atoms with E-state index in [9.17, 15) is 9.59 Å². The minimum Gasteiger partial charge on any atom is -0.444 e. The van der Waals surface area contributed by atoms with Crippen LogP contribution in [0.1, 0.15) is 33.6 Å². The molecule has 6 heteroatoms. The molecule has 0 aromatic rings. The number of likely N-dealkylation sites (tertiary alicyclic amines) is 1. The Kier molecular flexibility index (Phi) is 6.52. The molecule has 0 unspecified atom stereocenters. The van der Waals surface area contributed by atoms with Gasteiger partial charge in [-0.05, 0) is 44.5 Å². The molecule has 0 atom stereocenters. The van der Waals surface area contributed by atoms with Crippen LogP contribution in [0, 0.1) is 5.92 Å². The highest BCUT2D eigenvalue weighted by Gasteiger charge is 2.26. The first kappa shape index (κ1) is 17.0. The molecule has 1 aliphatic rings. The normalized spacial score (nSPS) is 17.3. The van der Waals surface area contributed by atoms with Crippen LogP contribution in [0.25, 0.3) is 0 Å². The molecule has 2 amide bonds. The fourth-order valence-electron chi connectivity index (χ4n) is 2.01. The first-order valence-electron chi connectivity index (χ1n) is 6.84. The van der Waals surface area contributed by atoms with E-state index in [2.05, 4.69) is 21.2 Å². The van der Waals surface area contributed by atoms with Crippen molar-refractivity contribution >= 4 is 27.9 Å². The van der Waals surface area contributed by atoms with E-state index in [4.69, 9.17) is 4.74 Å². The first-order chi connectivity index (χ1) is 9.31. The Morgan fingerprint density at radius 3 is 2.45 bits per heavy atom. The van der Waals surface area contributed by atoms with Gasteiger partial charge in [-0.15, -0.1) is 0 Å². The number of halogens is 1. The Balaban J connectivity index is 2.29. The smallest absolute Gasteiger partial charge is 0.410 e. The van der Waals surface area contributed by atoms with Gasteiger partial charge < -0.3 is 15.0 Å². The van der Waals surface area contributed by atoms with Crippen LogP contribution in [0.15, 0.2) is 11.1 Å². The summed E-state index contributed by atoms with van der Waals surface area (Å²) < 4.78 is 5.35. The standard InChI is InChI=1S/C14H23BrN2O3/c1-14(2,3)20-13(19)17-8-5-11(6-9-17)10-16-12(18)4-7-15/h4,7,11H,5-6,8-10H2,1-3H3,(H,16,18)/b7-4+. The summed E-state index contributed by atoms with van der Waals surface area (Å²) in [6.07, 6.45) is 2.97. The largest absolute Gasteiger partial charge is 0.444 e. The van der Waals surface area contributed by atoms with Gasteiger partial charge >= 0.3 is 6.09 Å². The van der Waals surface area contributed by atoms with Gasteiger partial charge in [0.2, 0.25) is 5.91 Å². The minimum absolute atomic E-state index is 0.101. The lowest BCUT2D eigenvalue weighted by Gasteiger charge is -2.33. The molecule has 1 aliphatic heterocycles. The van der Waals surface area contributed by atoms with Gasteiger partial charge in [0, 0.05) is 25.7 Å². The second kappa shape index (κ2) is 7.67. The fourth-order valence-corrected chi connectivity index (χ4v) is 2.25. The third-order valence-electron chi connectivity index (χ3n) is 3.05. The van der Waals surface area contributed by atoms with Gasteiger partial charge in [-0.3, -0.25) is 4.79 Å². The Morgan fingerprint density at radius 2 is 1.95 bits per heavy atom. The predicted molar refractivity (Wildman–Crippen MR) is 81.6 cm³/mol. The van der Waals surface area contributed by atoms with Crippen molar-refractivity contribution in [3.8, 4) is 0 Å². The summed E-state index contributed by atoms with van der Waals surface area (Å²) in [5.41, 5.74) is -0.454. The zero-order chi connectivity index (χ0) is 15.2. The van der Waals surface area contributed by atoms with Gasteiger partial charge in [-0.1, -0.05) is 15.9 Å². The number of piperidine rings is 1. The average Bonchev–Trinajstić information content (AvgIpc) is 2.35. The molecule has 1 rings (SSSR count). The van der Waals surface area contributed by atoms with Crippen molar-refractivity contribution in [2.24, 2.45) is 5.92 Å². The lowest BCUT2D eigenvalue weighted by molar-refractivity contribution is -0.116. The summed E-state index contributed by atoms with van der Waals surface area (Å²) in [6.45, 7) is 7.62. The van der Waals surface area contributed by atoms with Crippen molar-refractivity contribution in [3.05, 3.63) is 11.1 Å². The number of nitrogens with zero attached hydrogens (tertiary/aromatic N) is 1. The molecular weight excluding hydrogens is 324 g/mol. The zero-order valence-electron chi connectivity index (χ0n) is 12.3. The van der Waals surface area contributed by atoms with Gasteiger partial charge in [-0.25, -0.2) is 4.79 Å². The third kappa shape index (κ3) is 6.41. The van der Waals surface area contributed by atoms with E-state index in [-0.39, 0.29) is 12.0 Å². The summed E-state index contributed by atoms with van der Waals surface area (Å²) in [7, 11) is 0. The van der Waals surface area contributed by atoms with Crippen LogP contribution in [0.4, 0.5) is 4.79 Å². The molecule has 0 saturated carbocycles. The quantitative estimate of drug-likeness (QED) is 0.799. The number of hydrogen-bond acceptors (Lipinski definition) is 3. The Labute approximate surface area is 128 Å². The second-order valence-corrected chi connectivity index (χ2v) is 6.48. The first-order valence-corrected chi connectivity index (χ1v) is 7.76. The van der Waals surface area contributed by atoms with Gasteiger partial charge in [0.05, 0.1) is 0 Å². The lowest BCUT2D eigenvalue weighted by Crippen LogP contribution is -2.43. The Bertz CT molecular complexity index is 369. The molecule has 1 N–H and O–H groups in total. The maximum atomic E-state index is 11.9. The molecule has 0 bridgehead atoms. The van der Waals surface area contributed by atoms with E-state index in [0.717, 1.165) is 12.8 Å². The number of carbonyl (C=O) groups is 2. The molecule has 0 aromatic heterocycles. The van der Waals surface area contributed by atoms with Crippen LogP contribution < -0.4 is 5.32 Å². The van der Waals surface area contributed by atoms with Crippen LogP contribution in [0.2, 0.25) is 0 Å². The summed E-state index contributed by atoms with van der Waals surface area (Å²) in [5.74, 6) is 0.317. The van der Waals surface area contributed by atoms with Crippen LogP contribution >= 0.6 is 15.9 Å². The van der Waals surface area contributed by atoms with E-state index < -0.39 is 5.60 Å². The molecule has 1 fully saturated rings. The van der Waals surface area contributed by atoms with E-state index >= 15 is 0 Å². The number of amides is 2. The zero-order valence-corrected chi connectivity index (χ0v) is 13.9. The Hall–Kier alpha value is -1.04. The molecule has 0 aliphatic carbocycles. The van der Waals surface area contributed by atoms with Crippen molar-refractivity contribution in [1.29, 1.82) is 0 Å². The van der Waals surface area contributed by atoms with Crippen molar-refractivity contribution in [2.75, 3.05) is 19.6 Å². The second-order valence-electron chi connectivity index (χ2n) is 5.95. The van der Waals surface area contributed by atoms with Crippen molar-refractivity contribution in [1.82, 2.24) is 10.2 Å². The van der Waals surface area contributed by atoms with Crippen LogP contribution in [0.3, 0.4) is 0 Å². The summed E-state index contributed by atoms with van der Waals surface area (Å²) in [5, 5.41) is 2.85. The monoisotopic (exact) mass is 346 g/mol. The maximum absolute atomic E-state index is 11.9. The van der Waals surface area contributed by atoms with E-state index in [1.165, 1.54) is 11.1 Å². The average molecular weight is 347 g/mol. The molecule has 20 heavy (non-hydrogen) atoms. The van der Waals surface area contributed by atoms with Crippen LogP contribution in [0.5, 0.6) is 0 Å². The summed E-state index contributed by atoms with van der Waals surface area (Å²) in [6, 6.07) is 0. The molecule has 114 valence electrons. The van der Waals surface area contributed by atoms with Crippen molar-refractivity contribution < 1.29 is 14.3 Å². The predicted octanol–water partition coefficient (Wildman–Crippen LogP) is 2.66. The van der Waals surface area contributed by atoms with Gasteiger partial charge in [-0.2, -0.15) is 0 Å². The van der Waals surface area contributed by atoms with Crippen LogP contribution in [-0.2, 0) is 9.53 Å². The molecule has 0 spiro atoms. The maximum Gasteiger partial charge on any atom is 0.410 e. The number of hydrogen-bond donors (Lipinski definition) is 1. The van der Waals surface area contributed by atoms with Gasteiger partial charge in [0.25, 0.3) is 0 Å². The Morgan fingerprint density at radius 1 is 1.35 bits per heavy atom.